The zero-order valence-corrected chi connectivity index (χ0v) is 29.0. The van der Waals surface area contributed by atoms with Crippen LogP contribution in [0, 0.1) is 0 Å². The number of aromatic amines is 1. The van der Waals surface area contributed by atoms with Crippen LogP contribution in [0.5, 0.6) is 0 Å². The third-order valence-electron chi connectivity index (χ3n) is 9.64. The molecule has 1 rings (SSSR count). The van der Waals surface area contributed by atoms with Crippen LogP contribution in [-0.4, -0.2) is 4.98 Å². The van der Waals surface area contributed by atoms with Crippen molar-refractivity contribution in [1.82, 2.24) is 4.98 Å². The first kappa shape index (κ1) is 38.2. The minimum atomic E-state index is 0.618. The zero-order chi connectivity index (χ0) is 29.6. The predicted octanol–water partition coefficient (Wildman–Crippen LogP) is 13.7. The van der Waals surface area contributed by atoms with Crippen LogP contribution in [-0.2, 0) is 0 Å². The summed E-state index contributed by atoms with van der Waals surface area (Å²) in [7, 11) is 0. The second-order valence-electron chi connectivity index (χ2n) is 13.6. The van der Waals surface area contributed by atoms with Gasteiger partial charge in [0.1, 0.15) is 12.4 Å². The molecule has 1 aromatic heterocycles. The number of aromatic nitrogens is 2. The number of hydrogen-bond acceptors (Lipinski definition) is 0. The van der Waals surface area contributed by atoms with Crippen LogP contribution in [0.25, 0.3) is 0 Å². The van der Waals surface area contributed by atoms with Crippen molar-refractivity contribution in [1.29, 1.82) is 0 Å². The smallest absolute Gasteiger partial charge is 0.247 e. The molecule has 242 valence electrons. The highest BCUT2D eigenvalue weighted by atomic mass is 15.1. The summed E-state index contributed by atoms with van der Waals surface area (Å²) in [6.07, 6.45) is 47.3. The Morgan fingerprint density at radius 2 is 0.805 bits per heavy atom. The van der Waals surface area contributed by atoms with Gasteiger partial charge in [-0.05, 0) is 32.6 Å². The standard InChI is InChI=1S/C39H76N2/c1-5-8-11-13-15-17-19-20-21-23-25-27-29-31-34-38(39-40-35-36-41(39)37(4)32-10-7-3)33-30-28-26-24-22-18-16-14-12-9-6-2/h35-38H,5-34H2,1-4H3/p+1. The molecule has 2 heteroatoms. The van der Waals surface area contributed by atoms with Gasteiger partial charge in [0.05, 0.1) is 12.0 Å². The van der Waals surface area contributed by atoms with E-state index in [9.17, 15) is 0 Å². The average molecular weight is 574 g/mol. The molecule has 0 spiro atoms. The summed E-state index contributed by atoms with van der Waals surface area (Å²) in [5.41, 5.74) is 0. The van der Waals surface area contributed by atoms with E-state index in [4.69, 9.17) is 0 Å². The Morgan fingerprint density at radius 3 is 1.17 bits per heavy atom. The first-order valence-corrected chi connectivity index (χ1v) is 19.3. The molecule has 0 saturated heterocycles. The molecule has 0 saturated carbocycles. The fraction of sp³-hybridized carbons (Fsp3) is 0.923. The van der Waals surface area contributed by atoms with Crippen molar-refractivity contribution in [2.24, 2.45) is 0 Å². The summed E-state index contributed by atoms with van der Waals surface area (Å²) in [6.45, 7) is 9.37. The third-order valence-corrected chi connectivity index (χ3v) is 9.64. The van der Waals surface area contributed by atoms with Crippen molar-refractivity contribution in [3.8, 4) is 0 Å². The molecule has 1 heterocycles. The summed E-state index contributed by atoms with van der Waals surface area (Å²) in [4.78, 5) is 3.72. The molecule has 41 heavy (non-hydrogen) atoms. The van der Waals surface area contributed by atoms with Gasteiger partial charge in [0, 0.05) is 0 Å². The molecule has 0 bridgehead atoms. The van der Waals surface area contributed by atoms with Crippen molar-refractivity contribution in [2.75, 3.05) is 0 Å². The number of nitrogens with zero attached hydrogens (tertiary/aromatic N) is 1. The molecule has 2 atom stereocenters. The predicted molar refractivity (Wildman–Crippen MR) is 184 cm³/mol. The van der Waals surface area contributed by atoms with Crippen LogP contribution in [0.4, 0.5) is 0 Å². The lowest BCUT2D eigenvalue weighted by Crippen LogP contribution is -2.41. The Kier molecular flexibility index (Phi) is 27.3. The maximum absolute atomic E-state index is 3.72. The Balaban J connectivity index is 2.29. The van der Waals surface area contributed by atoms with Crippen molar-refractivity contribution in [2.45, 2.75) is 232 Å². The van der Waals surface area contributed by atoms with Gasteiger partial charge in [-0.15, -0.1) is 0 Å². The number of hydrogen-bond donors (Lipinski definition) is 1. The maximum atomic E-state index is 3.72. The van der Waals surface area contributed by atoms with E-state index in [0.29, 0.717) is 12.0 Å². The van der Waals surface area contributed by atoms with Gasteiger partial charge >= 0.3 is 0 Å². The summed E-state index contributed by atoms with van der Waals surface area (Å²) >= 11 is 0. The Labute approximate surface area is 259 Å². The first-order valence-electron chi connectivity index (χ1n) is 19.3. The van der Waals surface area contributed by atoms with Crippen LogP contribution >= 0.6 is 0 Å². The zero-order valence-electron chi connectivity index (χ0n) is 29.0. The van der Waals surface area contributed by atoms with E-state index < -0.39 is 0 Å². The van der Waals surface area contributed by atoms with Crippen LogP contribution in [0.1, 0.15) is 238 Å². The number of unbranched alkanes of at least 4 members (excludes halogenated alkanes) is 24. The average Bonchev–Trinajstić information content (AvgIpc) is 3.48. The van der Waals surface area contributed by atoms with Crippen LogP contribution in [0.2, 0.25) is 0 Å². The van der Waals surface area contributed by atoms with E-state index >= 15 is 0 Å². The third kappa shape index (κ3) is 21.5. The molecule has 0 radical (unpaired) electrons. The highest BCUT2D eigenvalue weighted by molar-refractivity contribution is 4.90. The molecule has 1 aromatic rings. The topological polar surface area (TPSA) is 19.7 Å². The Hall–Kier alpha value is -0.790. The highest BCUT2D eigenvalue weighted by Crippen LogP contribution is 2.27. The molecule has 0 aromatic carbocycles. The minimum Gasteiger partial charge on any atom is -0.247 e. The van der Waals surface area contributed by atoms with Gasteiger partial charge in [-0.25, -0.2) is 9.55 Å². The molecular formula is C39H77N2+. The lowest BCUT2D eigenvalue weighted by molar-refractivity contribution is -0.727. The van der Waals surface area contributed by atoms with Crippen LogP contribution in [0.3, 0.4) is 0 Å². The summed E-state index contributed by atoms with van der Waals surface area (Å²) in [6, 6.07) is 0.618. The summed E-state index contributed by atoms with van der Waals surface area (Å²) in [5, 5.41) is 0. The molecule has 0 fully saturated rings. The van der Waals surface area contributed by atoms with Crippen LogP contribution in [0.15, 0.2) is 12.4 Å². The number of H-pyrrole nitrogens is 1. The van der Waals surface area contributed by atoms with Crippen molar-refractivity contribution in [3.05, 3.63) is 18.2 Å². The van der Waals surface area contributed by atoms with E-state index in [1.165, 1.54) is 198 Å². The molecule has 2 unspecified atom stereocenters. The monoisotopic (exact) mass is 574 g/mol. The van der Waals surface area contributed by atoms with Crippen molar-refractivity contribution in [3.63, 3.8) is 0 Å². The number of imidazole rings is 1. The first-order chi connectivity index (χ1) is 20.2. The fourth-order valence-electron chi connectivity index (χ4n) is 6.77. The van der Waals surface area contributed by atoms with Crippen LogP contribution < -0.4 is 4.57 Å². The quantitative estimate of drug-likeness (QED) is 0.0653. The van der Waals surface area contributed by atoms with E-state index in [2.05, 4.69) is 49.6 Å². The molecular weight excluding hydrogens is 496 g/mol. The van der Waals surface area contributed by atoms with Gasteiger partial charge in [-0.2, -0.15) is 0 Å². The molecule has 0 aliphatic rings. The van der Waals surface area contributed by atoms with E-state index in [-0.39, 0.29) is 0 Å². The number of nitrogens with one attached hydrogen (secondary N) is 1. The molecule has 1 N–H and O–H groups in total. The van der Waals surface area contributed by atoms with Gasteiger partial charge in [0.25, 0.3) is 5.82 Å². The van der Waals surface area contributed by atoms with E-state index in [1.54, 1.807) is 0 Å². The number of rotatable bonds is 32. The normalized spacial score (nSPS) is 13.2. The SMILES string of the molecule is CCCCCCCCCCCCCCCCC(CCCCCCCCCCCCC)c1[nH]cc[n+]1C(C)CCCC. The molecule has 0 amide bonds. The fourth-order valence-corrected chi connectivity index (χ4v) is 6.77. The van der Waals surface area contributed by atoms with Gasteiger partial charge in [0.2, 0.25) is 0 Å². The Bertz CT molecular complexity index is 635. The van der Waals surface area contributed by atoms with Gasteiger partial charge < -0.3 is 0 Å². The van der Waals surface area contributed by atoms with Gasteiger partial charge in [-0.3, -0.25) is 0 Å². The second-order valence-corrected chi connectivity index (χ2v) is 13.6. The van der Waals surface area contributed by atoms with Gasteiger partial charge in [-0.1, -0.05) is 188 Å². The maximum Gasteiger partial charge on any atom is 0.257 e. The van der Waals surface area contributed by atoms with E-state index in [0.717, 1.165) is 0 Å². The Morgan fingerprint density at radius 1 is 0.463 bits per heavy atom. The highest BCUT2D eigenvalue weighted by Gasteiger charge is 2.25. The van der Waals surface area contributed by atoms with E-state index in [1.807, 2.05) is 0 Å². The minimum absolute atomic E-state index is 0.618. The van der Waals surface area contributed by atoms with Gasteiger partial charge in [0.15, 0.2) is 0 Å². The lowest BCUT2D eigenvalue weighted by Gasteiger charge is -2.17. The largest absolute Gasteiger partial charge is 0.257 e. The summed E-state index contributed by atoms with van der Waals surface area (Å²) in [5.74, 6) is 2.24. The lowest BCUT2D eigenvalue weighted by atomic mass is 9.92. The second kappa shape index (κ2) is 29.3. The molecule has 2 nitrogen and oxygen atoms in total. The van der Waals surface area contributed by atoms with Crippen molar-refractivity contribution < 1.29 is 4.57 Å². The van der Waals surface area contributed by atoms with Crippen molar-refractivity contribution >= 4 is 0 Å². The molecule has 0 aliphatic heterocycles. The molecule has 0 aliphatic carbocycles. The summed E-state index contributed by atoms with van der Waals surface area (Å²) < 4.78 is 2.60.